The van der Waals surface area contributed by atoms with Crippen LogP contribution in [0.1, 0.15) is 24.6 Å². The smallest absolute Gasteiger partial charge is 0.220 e. The Morgan fingerprint density at radius 2 is 2.39 bits per heavy atom. The number of amides is 2. The van der Waals surface area contributed by atoms with Gasteiger partial charge in [0.25, 0.3) is 0 Å². The quantitative estimate of drug-likeness (QED) is 0.896. The molecule has 5 heteroatoms. The minimum atomic E-state index is 0.0822. The molecular weight excluding hydrogens is 248 g/mol. The van der Waals surface area contributed by atoms with Crippen molar-refractivity contribution in [1.82, 2.24) is 10.2 Å². The van der Waals surface area contributed by atoms with Gasteiger partial charge in [0.1, 0.15) is 0 Å². The highest BCUT2D eigenvalue weighted by Gasteiger charge is 2.24. The van der Waals surface area contributed by atoms with Crippen LogP contribution in [0.5, 0.6) is 0 Å². The van der Waals surface area contributed by atoms with Crippen LogP contribution in [0.15, 0.2) is 17.5 Å². The van der Waals surface area contributed by atoms with E-state index in [1.54, 1.807) is 23.2 Å². The van der Waals surface area contributed by atoms with E-state index in [2.05, 4.69) is 5.32 Å². The van der Waals surface area contributed by atoms with Crippen LogP contribution in [0.4, 0.5) is 0 Å². The second kappa shape index (κ2) is 6.00. The molecule has 0 spiro atoms. The van der Waals surface area contributed by atoms with Crippen LogP contribution in [0.25, 0.3) is 0 Å². The average Bonchev–Trinajstić information content (AvgIpc) is 2.96. The Kier molecular flexibility index (Phi) is 4.36. The van der Waals surface area contributed by atoms with Crippen LogP contribution in [0.3, 0.4) is 0 Å². The summed E-state index contributed by atoms with van der Waals surface area (Å²) in [6.45, 7) is 2.98. The summed E-state index contributed by atoms with van der Waals surface area (Å²) >= 11 is 1.68. The number of nitrogens with zero attached hydrogens (tertiary/aromatic N) is 1. The third-order valence-corrected chi connectivity index (χ3v) is 4.11. The monoisotopic (exact) mass is 266 g/mol. The maximum absolute atomic E-state index is 11.8. The zero-order valence-corrected chi connectivity index (χ0v) is 11.3. The lowest BCUT2D eigenvalue weighted by molar-refractivity contribution is -0.128. The van der Waals surface area contributed by atoms with Gasteiger partial charge in [0.2, 0.25) is 11.8 Å². The third kappa shape index (κ3) is 3.57. The number of thiophene rings is 1. The van der Waals surface area contributed by atoms with Crippen molar-refractivity contribution < 1.29 is 9.59 Å². The fraction of sp³-hybridized carbons (Fsp3) is 0.538. The molecule has 18 heavy (non-hydrogen) atoms. The fourth-order valence-corrected chi connectivity index (χ4v) is 2.86. The summed E-state index contributed by atoms with van der Waals surface area (Å²) in [6, 6.07) is 4.18. The Morgan fingerprint density at radius 1 is 1.56 bits per heavy atom. The number of carbonyl (C=O) groups excluding carboxylic acids is 2. The molecule has 1 N–H and O–H groups in total. The normalized spacial score (nSPS) is 18.9. The van der Waals surface area contributed by atoms with E-state index in [0.717, 1.165) is 19.4 Å². The summed E-state index contributed by atoms with van der Waals surface area (Å²) in [5, 5.41) is 5.02. The molecule has 2 amide bonds. The molecule has 4 nitrogen and oxygen atoms in total. The van der Waals surface area contributed by atoms with Crippen molar-refractivity contribution in [3.63, 3.8) is 0 Å². The first kappa shape index (κ1) is 13.1. The standard InChI is InChI=1S/C13H18N2O2S/c1-10(16)15-7-6-11(9-15)14-13(17)5-4-12-3-2-8-18-12/h2-3,8,11H,4-7,9H2,1H3,(H,14,17). The second-order valence-electron chi connectivity index (χ2n) is 4.60. The van der Waals surface area contributed by atoms with Crippen molar-refractivity contribution in [2.75, 3.05) is 13.1 Å². The maximum atomic E-state index is 11.8. The van der Waals surface area contributed by atoms with Crippen molar-refractivity contribution in [2.24, 2.45) is 0 Å². The minimum Gasteiger partial charge on any atom is -0.352 e. The van der Waals surface area contributed by atoms with E-state index in [0.29, 0.717) is 13.0 Å². The molecule has 1 saturated heterocycles. The highest BCUT2D eigenvalue weighted by atomic mass is 32.1. The Labute approximate surface area is 111 Å². The lowest BCUT2D eigenvalue weighted by atomic mass is 10.2. The molecule has 0 aromatic carbocycles. The van der Waals surface area contributed by atoms with Gasteiger partial charge in [0.05, 0.1) is 0 Å². The van der Waals surface area contributed by atoms with Gasteiger partial charge in [-0.15, -0.1) is 11.3 Å². The van der Waals surface area contributed by atoms with Gasteiger partial charge in [0.15, 0.2) is 0 Å². The fourth-order valence-electron chi connectivity index (χ4n) is 2.16. The number of aryl methyl sites for hydroxylation is 1. The summed E-state index contributed by atoms with van der Waals surface area (Å²) in [5.74, 6) is 0.170. The zero-order valence-electron chi connectivity index (χ0n) is 10.5. The van der Waals surface area contributed by atoms with E-state index in [1.165, 1.54) is 4.88 Å². The Bertz CT molecular complexity index is 417. The lowest BCUT2D eigenvalue weighted by Gasteiger charge is -2.14. The molecule has 2 rings (SSSR count). The molecule has 1 unspecified atom stereocenters. The van der Waals surface area contributed by atoms with E-state index in [-0.39, 0.29) is 17.9 Å². The first-order valence-corrected chi connectivity index (χ1v) is 7.10. The van der Waals surface area contributed by atoms with Gasteiger partial charge >= 0.3 is 0 Å². The van der Waals surface area contributed by atoms with Crippen LogP contribution in [-0.2, 0) is 16.0 Å². The summed E-state index contributed by atoms with van der Waals surface area (Å²) in [6.07, 6.45) is 2.19. The third-order valence-electron chi connectivity index (χ3n) is 3.18. The topological polar surface area (TPSA) is 49.4 Å². The largest absolute Gasteiger partial charge is 0.352 e. The number of likely N-dealkylation sites (tertiary alicyclic amines) is 1. The number of carbonyl (C=O) groups is 2. The van der Waals surface area contributed by atoms with Gasteiger partial charge in [-0.05, 0) is 24.3 Å². The first-order valence-electron chi connectivity index (χ1n) is 6.22. The highest BCUT2D eigenvalue weighted by molar-refractivity contribution is 7.09. The molecule has 1 aromatic heterocycles. The van der Waals surface area contributed by atoms with Crippen molar-refractivity contribution >= 4 is 23.2 Å². The first-order chi connectivity index (χ1) is 8.65. The second-order valence-corrected chi connectivity index (χ2v) is 5.63. The molecule has 2 heterocycles. The Balaban J connectivity index is 1.70. The van der Waals surface area contributed by atoms with E-state index in [4.69, 9.17) is 0 Å². The zero-order chi connectivity index (χ0) is 13.0. The molecule has 98 valence electrons. The molecule has 0 aliphatic carbocycles. The number of hydrogen-bond donors (Lipinski definition) is 1. The van der Waals surface area contributed by atoms with Gasteiger partial charge in [0, 0.05) is 37.4 Å². The molecule has 1 aromatic rings. The van der Waals surface area contributed by atoms with Crippen LogP contribution >= 0.6 is 11.3 Å². The predicted octanol–water partition coefficient (Wildman–Crippen LogP) is 1.42. The van der Waals surface area contributed by atoms with Crippen LogP contribution in [-0.4, -0.2) is 35.8 Å². The molecule has 0 radical (unpaired) electrons. The minimum absolute atomic E-state index is 0.0822. The summed E-state index contributed by atoms with van der Waals surface area (Å²) in [7, 11) is 0. The van der Waals surface area contributed by atoms with Crippen molar-refractivity contribution in [3.05, 3.63) is 22.4 Å². The summed E-state index contributed by atoms with van der Waals surface area (Å²) in [4.78, 5) is 26.0. The molecule has 0 saturated carbocycles. The van der Waals surface area contributed by atoms with Crippen LogP contribution in [0, 0.1) is 0 Å². The molecular formula is C13H18N2O2S. The van der Waals surface area contributed by atoms with Gasteiger partial charge < -0.3 is 10.2 Å². The molecule has 1 fully saturated rings. The van der Waals surface area contributed by atoms with Gasteiger partial charge in [-0.25, -0.2) is 0 Å². The van der Waals surface area contributed by atoms with E-state index < -0.39 is 0 Å². The average molecular weight is 266 g/mol. The molecule has 1 aliphatic heterocycles. The van der Waals surface area contributed by atoms with E-state index in [1.807, 2.05) is 17.5 Å². The van der Waals surface area contributed by atoms with Crippen LogP contribution < -0.4 is 5.32 Å². The molecule has 1 atom stereocenters. The highest BCUT2D eigenvalue weighted by Crippen LogP contribution is 2.12. The van der Waals surface area contributed by atoms with E-state index >= 15 is 0 Å². The van der Waals surface area contributed by atoms with Gasteiger partial charge in [-0.2, -0.15) is 0 Å². The summed E-state index contributed by atoms with van der Waals surface area (Å²) in [5.41, 5.74) is 0. The maximum Gasteiger partial charge on any atom is 0.220 e. The Hall–Kier alpha value is -1.36. The number of hydrogen-bond acceptors (Lipinski definition) is 3. The lowest BCUT2D eigenvalue weighted by Crippen LogP contribution is -2.38. The number of nitrogens with one attached hydrogen (secondary N) is 1. The van der Waals surface area contributed by atoms with E-state index in [9.17, 15) is 9.59 Å². The van der Waals surface area contributed by atoms with Crippen molar-refractivity contribution in [3.8, 4) is 0 Å². The van der Waals surface area contributed by atoms with Crippen molar-refractivity contribution in [2.45, 2.75) is 32.2 Å². The predicted molar refractivity (Wildman–Crippen MR) is 71.4 cm³/mol. The van der Waals surface area contributed by atoms with Gasteiger partial charge in [-0.1, -0.05) is 6.07 Å². The number of rotatable bonds is 4. The van der Waals surface area contributed by atoms with Gasteiger partial charge in [-0.3, -0.25) is 9.59 Å². The SMILES string of the molecule is CC(=O)N1CCC(NC(=O)CCc2cccs2)C1. The molecule has 0 bridgehead atoms. The molecule has 1 aliphatic rings. The van der Waals surface area contributed by atoms with Crippen molar-refractivity contribution in [1.29, 1.82) is 0 Å². The summed E-state index contributed by atoms with van der Waals surface area (Å²) < 4.78 is 0. The van der Waals surface area contributed by atoms with Crippen LogP contribution in [0.2, 0.25) is 0 Å². The Morgan fingerprint density at radius 3 is 3.00 bits per heavy atom.